The summed E-state index contributed by atoms with van der Waals surface area (Å²) in [5.74, 6) is 0.0148. The molecule has 0 aromatic rings. The van der Waals surface area contributed by atoms with Gasteiger partial charge in [0.05, 0.1) is 21.1 Å². The van der Waals surface area contributed by atoms with Crippen LogP contribution in [0.15, 0.2) is 11.6 Å². The molecule has 0 fully saturated rings. The van der Waals surface area contributed by atoms with Gasteiger partial charge in [-0.25, -0.2) is 4.59 Å². The van der Waals surface area contributed by atoms with E-state index in [1.165, 1.54) is 0 Å². The molecule has 0 rings (SSSR count). The number of hydrogen-bond acceptors (Lipinski definition) is 1. The Hall–Kier alpha value is -0.830. The van der Waals surface area contributed by atoms with Gasteiger partial charge in [0.25, 0.3) is 5.91 Å². The van der Waals surface area contributed by atoms with Gasteiger partial charge in [0, 0.05) is 5.57 Å². The predicted octanol–water partition coefficient (Wildman–Crippen LogP) is 1.47. The maximum absolute atomic E-state index is 11.5. The summed E-state index contributed by atoms with van der Waals surface area (Å²) in [6.07, 6.45) is 4.02. The fraction of sp³-hybridized carbons (Fsp3) is 0.700. The van der Waals surface area contributed by atoms with Crippen molar-refractivity contribution in [3.63, 3.8) is 0 Å². The molecule has 0 unspecified atom stereocenters. The van der Waals surface area contributed by atoms with Gasteiger partial charge in [-0.05, 0) is 13.3 Å². The van der Waals surface area contributed by atoms with Crippen LogP contribution in [0.2, 0.25) is 0 Å². The van der Waals surface area contributed by atoms with E-state index in [9.17, 15) is 4.79 Å². The third-order valence-electron chi connectivity index (χ3n) is 1.53. The molecule has 1 N–H and O–H groups in total. The zero-order valence-electron chi connectivity index (χ0n) is 9.35. The van der Waals surface area contributed by atoms with Gasteiger partial charge in [-0.1, -0.05) is 19.4 Å². The Kier molecular flexibility index (Phi) is 4.70. The topological polar surface area (TPSA) is 29.1 Å². The molecule has 0 spiro atoms. The molecule has 76 valence electrons. The van der Waals surface area contributed by atoms with Gasteiger partial charge in [-0.2, -0.15) is 5.43 Å². The SMILES string of the molecule is CCCC=C(C)C(=O)N[N+](C)(C)C. The minimum Gasteiger partial charge on any atom is -0.265 e. The van der Waals surface area contributed by atoms with E-state index < -0.39 is 0 Å². The van der Waals surface area contributed by atoms with Crippen LogP contribution >= 0.6 is 0 Å². The zero-order chi connectivity index (χ0) is 10.5. The Balaban J connectivity index is 4.12. The van der Waals surface area contributed by atoms with Gasteiger partial charge in [-0.15, -0.1) is 0 Å². The number of carbonyl (C=O) groups is 1. The van der Waals surface area contributed by atoms with E-state index in [1.807, 2.05) is 34.1 Å². The number of rotatable bonds is 4. The highest BCUT2D eigenvalue weighted by Crippen LogP contribution is 1.99. The third-order valence-corrected chi connectivity index (χ3v) is 1.53. The summed E-state index contributed by atoms with van der Waals surface area (Å²) in [6, 6.07) is 0. The lowest BCUT2D eigenvalue weighted by molar-refractivity contribution is -0.905. The fourth-order valence-corrected chi connectivity index (χ4v) is 0.846. The van der Waals surface area contributed by atoms with Crippen molar-refractivity contribution in [2.24, 2.45) is 0 Å². The second-order valence-corrected chi connectivity index (χ2v) is 4.13. The molecule has 0 saturated carbocycles. The number of hydrogen-bond donors (Lipinski definition) is 1. The van der Waals surface area contributed by atoms with Crippen LogP contribution in [0.1, 0.15) is 26.7 Å². The predicted molar refractivity (Wildman–Crippen MR) is 54.8 cm³/mol. The van der Waals surface area contributed by atoms with Crippen molar-refractivity contribution in [1.82, 2.24) is 5.43 Å². The van der Waals surface area contributed by atoms with Crippen molar-refractivity contribution in [2.75, 3.05) is 21.1 Å². The summed E-state index contributed by atoms with van der Waals surface area (Å²) >= 11 is 0. The number of amides is 1. The molecular weight excluding hydrogens is 164 g/mol. The van der Waals surface area contributed by atoms with Crippen molar-refractivity contribution < 1.29 is 9.39 Å². The van der Waals surface area contributed by atoms with Gasteiger partial charge >= 0.3 is 0 Å². The summed E-state index contributed by atoms with van der Waals surface area (Å²) < 4.78 is 0.455. The lowest BCUT2D eigenvalue weighted by atomic mass is 10.2. The van der Waals surface area contributed by atoms with E-state index in [1.54, 1.807) is 0 Å². The minimum absolute atomic E-state index is 0.0148. The largest absolute Gasteiger partial charge is 0.291 e. The Morgan fingerprint density at radius 1 is 1.38 bits per heavy atom. The lowest BCUT2D eigenvalue weighted by Gasteiger charge is -2.23. The first-order chi connectivity index (χ1) is 5.87. The van der Waals surface area contributed by atoms with Crippen LogP contribution in [0.4, 0.5) is 0 Å². The second kappa shape index (κ2) is 5.02. The first-order valence-electron chi connectivity index (χ1n) is 4.67. The monoisotopic (exact) mass is 185 g/mol. The van der Waals surface area contributed by atoms with Gasteiger partial charge in [0.2, 0.25) is 0 Å². The number of quaternary nitrogens is 1. The zero-order valence-corrected chi connectivity index (χ0v) is 9.35. The van der Waals surface area contributed by atoms with Crippen molar-refractivity contribution in [1.29, 1.82) is 0 Å². The summed E-state index contributed by atoms with van der Waals surface area (Å²) in [6.45, 7) is 3.95. The Morgan fingerprint density at radius 3 is 2.31 bits per heavy atom. The van der Waals surface area contributed by atoms with Gasteiger partial charge in [-0.3, -0.25) is 4.79 Å². The Bertz CT molecular complexity index is 201. The quantitative estimate of drug-likeness (QED) is 0.401. The highest BCUT2D eigenvalue weighted by molar-refractivity contribution is 5.91. The van der Waals surface area contributed by atoms with Crippen molar-refractivity contribution >= 4 is 5.91 Å². The summed E-state index contributed by atoms with van der Waals surface area (Å²) in [7, 11) is 5.76. The number of allylic oxidation sites excluding steroid dienone is 1. The first-order valence-corrected chi connectivity index (χ1v) is 4.67. The molecule has 0 saturated heterocycles. The molecule has 0 heterocycles. The van der Waals surface area contributed by atoms with E-state index in [2.05, 4.69) is 12.3 Å². The minimum atomic E-state index is 0.0148. The molecule has 3 nitrogen and oxygen atoms in total. The standard InChI is InChI=1S/C10H20N2O/c1-6-7-8-9(2)10(13)11-12(3,4)5/h8H,6-7H2,1-5H3/p+1. The van der Waals surface area contributed by atoms with Crippen LogP contribution in [0.3, 0.4) is 0 Å². The van der Waals surface area contributed by atoms with Crippen LogP contribution in [0.5, 0.6) is 0 Å². The fourth-order valence-electron chi connectivity index (χ4n) is 0.846. The number of unbranched alkanes of at least 4 members (excludes halogenated alkanes) is 1. The summed E-state index contributed by atoms with van der Waals surface area (Å²) in [5, 5.41) is 0. The van der Waals surface area contributed by atoms with E-state index in [-0.39, 0.29) is 5.91 Å². The first kappa shape index (κ1) is 12.2. The van der Waals surface area contributed by atoms with E-state index >= 15 is 0 Å². The number of nitrogens with one attached hydrogen (secondary N) is 1. The van der Waals surface area contributed by atoms with E-state index in [4.69, 9.17) is 0 Å². The highest BCUT2D eigenvalue weighted by atomic mass is 16.2. The lowest BCUT2D eigenvalue weighted by Crippen LogP contribution is -2.51. The van der Waals surface area contributed by atoms with Crippen molar-refractivity contribution in [3.8, 4) is 0 Å². The average molecular weight is 185 g/mol. The number of nitrogens with zero attached hydrogens (tertiary/aromatic N) is 1. The molecule has 0 aromatic carbocycles. The average Bonchev–Trinajstić information content (AvgIpc) is 1.96. The van der Waals surface area contributed by atoms with Crippen LogP contribution < -0.4 is 5.43 Å². The smallest absolute Gasteiger partial charge is 0.265 e. The molecule has 0 aliphatic heterocycles. The molecule has 0 bridgehead atoms. The summed E-state index contributed by atoms with van der Waals surface area (Å²) in [5.41, 5.74) is 3.66. The van der Waals surface area contributed by atoms with E-state index in [0.29, 0.717) is 4.59 Å². The normalized spacial score (nSPS) is 12.8. The Labute approximate surface area is 81.0 Å². The molecule has 0 aliphatic rings. The maximum atomic E-state index is 11.5. The third kappa shape index (κ3) is 6.34. The van der Waals surface area contributed by atoms with Crippen molar-refractivity contribution in [3.05, 3.63) is 11.6 Å². The van der Waals surface area contributed by atoms with E-state index in [0.717, 1.165) is 18.4 Å². The van der Waals surface area contributed by atoms with Crippen molar-refractivity contribution in [2.45, 2.75) is 26.7 Å². The molecule has 3 heteroatoms. The molecule has 0 aromatic heterocycles. The van der Waals surface area contributed by atoms with Gasteiger partial charge in [0.1, 0.15) is 0 Å². The molecule has 13 heavy (non-hydrogen) atoms. The van der Waals surface area contributed by atoms with Crippen LogP contribution in [-0.2, 0) is 4.79 Å². The van der Waals surface area contributed by atoms with Crippen LogP contribution in [0.25, 0.3) is 0 Å². The molecule has 1 amide bonds. The summed E-state index contributed by atoms with van der Waals surface area (Å²) in [4.78, 5) is 11.5. The van der Waals surface area contributed by atoms with Gasteiger partial charge < -0.3 is 0 Å². The Morgan fingerprint density at radius 2 is 1.92 bits per heavy atom. The molecule has 0 aliphatic carbocycles. The maximum Gasteiger partial charge on any atom is 0.291 e. The molecule has 0 atom stereocenters. The number of carbonyl (C=O) groups excluding carboxylic acids is 1. The molecular formula is C10H21N2O+. The molecule has 0 radical (unpaired) electrons. The second-order valence-electron chi connectivity index (χ2n) is 4.13. The van der Waals surface area contributed by atoms with Crippen LogP contribution in [-0.4, -0.2) is 31.6 Å². The highest BCUT2D eigenvalue weighted by Gasteiger charge is 2.12. The van der Waals surface area contributed by atoms with Crippen LogP contribution in [0, 0.1) is 0 Å². The van der Waals surface area contributed by atoms with Gasteiger partial charge in [0.15, 0.2) is 0 Å².